The number of hydrogen-bond donors (Lipinski definition) is 1. The van der Waals surface area contributed by atoms with Gasteiger partial charge in [-0.25, -0.2) is 9.59 Å². The van der Waals surface area contributed by atoms with E-state index < -0.39 is 20.4 Å². The van der Waals surface area contributed by atoms with Gasteiger partial charge in [0.2, 0.25) is 5.91 Å². The van der Waals surface area contributed by atoms with Crippen LogP contribution in [0.2, 0.25) is 18.1 Å². The van der Waals surface area contributed by atoms with E-state index in [-0.39, 0.29) is 41.3 Å². The fraction of sp³-hybridized carbons (Fsp3) is 0.625. The minimum absolute atomic E-state index is 0.0185. The van der Waals surface area contributed by atoms with E-state index in [1.807, 2.05) is 13.0 Å². The van der Waals surface area contributed by atoms with Crippen LogP contribution in [0.4, 0.5) is 4.79 Å². The number of carboxylic acids is 1. The zero-order valence-corrected chi connectivity index (χ0v) is 21.5. The first-order chi connectivity index (χ1) is 15.3. The van der Waals surface area contributed by atoms with Gasteiger partial charge in [-0.1, -0.05) is 39.5 Å². The zero-order valence-electron chi connectivity index (χ0n) is 20.5. The number of ether oxygens (including phenoxy) is 1. The Labute approximate surface area is 197 Å². The normalized spacial score (nSPS) is 24.2. The molecule has 0 aromatic rings. The van der Waals surface area contributed by atoms with Crippen molar-refractivity contribution in [3.8, 4) is 0 Å². The van der Waals surface area contributed by atoms with Crippen LogP contribution < -0.4 is 0 Å². The molecule has 1 saturated heterocycles. The van der Waals surface area contributed by atoms with Gasteiger partial charge in [0.05, 0.1) is 18.1 Å². The lowest BCUT2D eigenvalue weighted by Crippen LogP contribution is -2.63. The van der Waals surface area contributed by atoms with E-state index in [2.05, 4.69) is 40.4 Å². The fourth-order valence-electron chi connectivity index (χ4n) is 4.59. The molecule has 0 spiro atoms. The van der Waals surface area contributed by atoms with Crippen molar-refractivity contribution in [1.29, 1.82) is 0 Å². The van der Waals surface area contributed by atoms with Crippen molar-refractivity contribution < 1.29 is 28.7 Å². The molecule has 0 aromatic heterocycles. The van der Waals surface area contributed by atoms with Crippen molar-refractivity contribution in [2.24, 2.45) is 5.92 Å². The van der Waals surface area contributed by atoms with E-state index >= 15 is 0 Å². The second-order valence-electron chi connectivity index (χ2n) is 10.5. The minimum Gasteiger partial charge on any atom is -0.477 e. The second kappa shape index (κ2) is 9.10. The highest BCUT2D eigenvalue weighted by Gasteiger charge is 2.58. The summed E-state index contributed by atoms with van der Waals surface area (Å²) in [6.07, 6.45) is 3.71. The van der Waals surface area contributed by atoms with Gasteiger partial charge < -0.3 is 24.1 Å². The molecule has 0 unspecified atom stereocenters. The standard InChI is InChI=1S/C24H36N2O6Si/c1-8-13-31-23(30)25-11-9-16(10-12-25)17-14-18-19(21(27)26(18)20(17)22(28)29)15(2)32-33(6,7)24(3,4)5/h8-9,15,18-19H,1,10-14H2,2-7H3,(H,28,29)/t15-,18-,19-/m1/s1. The summed E-state index contributed by atoms with van der Waals surface area (Å²) in [5, 5.41) is 9.93. The highest BCUT2D eigenvalue weighted by Crippen LogP contribution is 2.48. The number of rotatable bonds is 7. The average molecular weight is 477 g/mol. The molecule has 0 aromatic carbocycles. The van der Waals surface area contributed by atoms with Crippen LogP contribution in [0.1, 0.15) is 40.5 Å². The summed E-state index contributed by atoms with van der Waals surface area (Å²) in [6.45, 7) is 17.2. The number of nitrogens with zero attached hydrogens (tertiary/aromatic N) is 2. The fourth-order valence-corrected chi connectivity index (χ4v) is 6.02. The summed E-state index contributed by atoms with van der Waals surface area (Å²) in [5.41, 5.74) is 1.66. The summed E-state index contributed by atoms with van der Waals surface area (Å²) < 4.78 is 11.6. The number of fused-ring (bicyclic) bond motifs is 1. The van der Waals surface area contributed by atoms with Crippen LogP contribution in [0.15, 0.2) is 35.6 Å². The van der Waals surface area contributed by atoms with Gasteiger partial charge in [0.25, 0.3) is 0 Å². The van der Waals surface area contributed by atoms with Gasteiger partial charge >= 0.3 is 12.1 Å². The number of carboxylic acid groups (broad SMARTS) is 1. The van der Waals surface area contributed by atoms with Crippen molar-refractivity contribution in [1.82, 2.24) is 9.80 Å². The Bertz CT molecular complexity index is 916. The lowest BCUT2D eigenvalue weighted by atomic mass is 9.82. The minimum atomic E-state index is -2.07. The number of carbonyl (C=O) groups excluding carboxylic acids is 2. The first-order valence-corrected chi connectivity index (χ1v) is 14.4. The molecule has 3 aliphatic heterocycles. The van der Waals surface area contributed by atoms with Crippen molar-refractivity contribution in [3.63, 3.8) is 0 Å². The molecule has 0 bridgehead atoms. The monoisotopic (exact) mass is 476 g/mol. The predicted octanol–water partition coefficient (Wildman–Crippen LogP) is 3.92. The van der Waals surface area contributed by atoms with Crippen LogP contribution in [0, 0.1) is 5.92 Å². The van der Waals surface area contributed by atoms with Crippen LogP contribution in [-0.4, -0.2) is 73.0 Å². The molecule has 3 aliphatic rings. The Morgan fingerprint density at radius 3 is 2.55 bits per heavy atom. The van der Waals surface area contributed by atoms with Gasteiger partial charge in [0, 0.05) is 13.1 Å². The molecule has 3 atom stereocenters. The molecule has 33 heavy (non-hydrogen) atoms. The van der Waals surface area contributed by atoms with E-state index in [1.54, 1.807) is 4.90 Å². The van der Waals surface area contributed by atoms with Crippen molar-refractivity contribution in [2.45, 2.75) is 70.8 Å². The van der Waals surface area contributed by atoms with E-state index in [4.69, 9.17) is 9.16 Å². The average Bonchev–Trinajstić information content (AvgIpc) is 3.06. The quantitative estimate of drug-likeness (QED) is 0.340. The number of β-lactam (4-membered cyclic amide) rings is 1. The number of carbonyl (C=O) groups is 3. The largest absolute Gasteiger partial charge is 0.477 e. The molecule has 0 aliphatic carbocycles. The second-order valence-corrected chi connectivity index (χ2v) is 15.3. The van der Waals surface area contributed by atoms with Gasteiger partial charge in [-0.15, -0.1) is 0 Å². The summed E-state index contributed by atoms with van der Waals surface area (Å²) in [5.74, 6) is -1.61. The number of amides is 2. The van der Waals surface area contributed by atoms with E-state index in [9.17, 15) is 19.5 Å². The van der Waals surface area contributed by atoms with Crippen LogP contribution in [-0.2, 0) is 18.8 Å². The lowest BCUT2D eigenvalue weighted by Gasteiger charge is -2.48. The third-order valence-corrected chi connectivity index (χ3v) is 12.0. The third-order valence-electron chi connectivity index (χ3n) is 7.38. The number of hydrogen-bond acceptors (Lipinski definition) is 5. The first-order valence-electron chi connectivity index (χ1n) is 11.5. The Balaban J connectivity index is 1.76. The highest BCUT2D eigenvalue weighted by molar-refractivity contribution is 6.74. The summed E-state index contributed by atoms with van der Waals surface area (Å²) in [7, 11) is -2.07. The number of aliphatic carboxylic acids is 1. The molecule has 182 valence electrons. The SMILES string of the molecule is C=CCOC(=O)N1CC=C(C2=C(C(=O)O)N3C(=O)[C@H]([C@@H](C)O[Si](C)(C)C(C)(C)C)[C@H]3C2)CC1. The van der Waals surface area contributed by atoms with Crippen molar-refractivity contribution >= 4 is 26.3 Å². The molecule has 3 heterocycles. The van der Waals surface area contributed by atoms with Crippen LogP contribution >= 0.6 is 0 Å². The van der Waals surface area contributed by atoms with E-state index in [0.29, 0.717) is 31.5 Å². The maximum Gasteiger partial charge on any atom is 0.410 e. The lowest BCUT2D eigenvalue weighted by molar-refractivity contribution is -0.160. The molecule has 3 rings (SSSR count). The van der Waals surface area contributed by atoms with Crippen molar-refractivity contribution in [3.05, 3.63) is 35.6 Å². The van der Waals surface area contributed by atoms with Gasteiger partial charge in [0.1, 0.15) is 12.3 Å². The zero-order chi connectivity index (χ0) is 24.7. The molecular formula is C24H36N2O6Si. The maximum atomic E-state index is 13.1. The Morgan fingerprint density at radius 1 is 1.36 bits per heavy atom. The Kier molecular flexibility index (Phi) is 6.96. The highest BCUT2D eigenvalue weighted by atomic mass is 28.4. The van der Waals surface area contributed by atoms with Crippen LogP contribution in [0.25, 0.3) is 0 Å². The van der Waals surface area contributed by atoms with E-state index in [1.165, 1.54) is 11.0 Å². The summed E-state index contributed by atoms with van der Waals surface area (Å²) in [4.78, 5) is 40.3. The first kappa shape index (κ1) is 25.2. The molecule has 0 saturated carbocycles. The molecule has 9 heteroatoms. The maximum absolute atomic E-state index is 13.1. The Hall–Kier alpha value is -2.39. The topological polar surface area (TPSA) is 96.4 Å². The van der Waals surface area contributed by atoms with Crippen molar-refractivity contribution in [2.75, 3.05) is 19.7 Å². The predicted molar refractivity (Wildman–Crippen MR) is 127 cm³/mol. The van der Waals surface area contributed by atoms with E-state index in [0.717, 1.165) is 5.57 Å². The smallest absolute Gasteiger partial charge is 0.410 e. The molecule has 1 fully saturated rings. The molecule has 0 radical (unpaired) electrons. The van der Waals surface area contributed by atoms with Gasteiger partial charge in [-0.05, 0) is 49.0 Å². The molecule has 1 N–H and O–H groups in total. The Morgan fingerprint density at radius 2 is 2.03 bits per heavy atom. The summed E-state index contributed by atoms with van der Waals surface area (Å²) in [6, 6.07) is -0.199. The third kappa shape index (κ3) is 4.66. The molecule has 8 nitrogen and oxygen atoms in total. The molecule has 2 amide bonds. The van der Waals surface area contributed by atoms with Crippen LogP contribution in [0.3, 0.4) is 0 Å². The van der Waals surface area contributed by atoms with Gasteiger partial charge in [-0.3, -0.25) is 4.79 Å². The van der Waals surface area contributed by atoms with Crippen LogP contribution in [0.5, 0.6) is 0 Å². The molecular weight excluding hydrogens is 440 g/mol. The van der Waals surface area contributed by atoms with Gasteiger partial charge in [-0.2, -0.15) is 0 Å². The van der Waals surface area contributed by atoms with Gasteiger partial charge in [0.15, 0.2) is 8.32 Å². The summed E-state index contributed by atoms with van der Waals surface area (Å²) >= 11 is 0.